The van der Waals surface area contributed by atoms with Crippen LogP contribution in [0.1, 0.15) is 45.4 Å². The Balaban J connectivity index is 2.04. The van der Waals surface area contributed by atoms with Crippen molar-refractivity contribution in [2.75, 3.05) is 20.1 Å². The molecule has 0 saturated carbocycles. The van der Waals surface area contributed by atoms with Crippen LogP contribution in [0.3, 0.4) is 0 Å². The fourth-order valence-electron chi connectivity index (χ4n) is 2.12. The van der Waals surface area contributed by atoms with Crippen LogP contribution in [0.25, 0.3) is 0 Å². The summed E-state index contributed by atoms with van der Waals surface area (Å²) in [5.74, 6) is 0. The summed E-state index contributed by atoms with van der Waals surface area (Å²) in [4.78, 5) is 0. The van der Waals surface area contributed by atoms with Gasteiger partial charge in [-0.2, -0.15) is 0 Å². The van der Waals surface area contributed by atoms with Crippen molar-refractivity contribution in [1.29, 1.82) is 0 Å². The van der Waals surface area contributed by atoms with Crippen LogP contribution < -0.4 is 0 Å². The van der Waals surface area contributed by atoms with Crippen LogP contribution in [-0.4, -0.2) is 24.6 Å². The molecule has 0 saturated heterocycles. The van der Waals surface area contributed by atoms with Crippen molar-refractivity contribution in [2.45, 2.75) is 45.4 Å². The molecule has 0 radical (unpaired) electrons. The van der Waals surface area contributed by atoms with Gasteiger partial charge in [-0.15, -0.1) is 0 Å². The van der Waals surface area contributed by atoms with Gasteiger partial charge in [-0.25, -0.2) is 0 Å². The smallest absolute Gasteiger partial charge is 0.102 e. The molecule has 1 rings (SSSR count). The Labute approximate surface area is 95.1 Å². The quantitative estimate of drug-likeness (QED) is 0.440. The lowest BCUT2D eigenvalue weighted by Gasteiger charge is -2.30. The molecule has 1 nitrogen and oxygen atoms in total. The number of quaternary nitrogens is 1. The molecule has 1 atom stereocenters. The molecule has 1 unspecified atom stereocenters. The summed E-state index contributed by atoms with van der Waals surface area (Å²) in [6.45, 7) is 4.75. The lowest BCUT2D eigenvalue weighted by molar-refractivity contribution is -0.854. The number of rotatable bonds is 7. The zero-order chi connectivity index (χ0) is 11.0. The average molecular weight is 208 g/mol. The molecule has 0 aliphatic carbocycles. The van der Waals surface area contributed by atoms with Gasteiger partial charge < -0.3 is 0 Å². The van der Waals surface area contributed by atoms with E-state index in [2.05, 4.69) is 38.4 Å². The van der Waals surface area contributed by atoms with E-state index in [0.29, 0.717) is 0 Å². The number of unbranched alkanes of at least 4 members (excludes halogenated alkanes) is 5. The second kappa shape index (κ2) is 6.84. The highest BCUT2D eigenvalue weighted by atomic mass is 15.3. The summed E-state index contributed by atoms with van der Waals surface area (Å²) in [5.41, 5.74) is 0. The molecule has 0 amide bonds. The van der Waals surface area contributed by atoms with Crippen LogP contribution in [0.15, 0.2) is 24.4 Å². The summed E-state index contributed by atoms with van der Waals surface area (Å²) in [6.07, 6.45) is 17.3. The fraction of sp³-hybridized carbons (Fsp3) is 0.714. The van der Waals surface area contributed by atoms with E-state index in [-0.39, 0.29) is 0 Å². The number of allylic oxidation sites excluding steroid dienone is 2. The van der Waals surface area contributed by atoms with Crippen molar-refractivity contribution >= 4 is 0 Å². The zero-order valence-corrected chi connectivity index (χ0v) is 10.4. The normalized spacial score (nSPS) is 24.7. The number of hydrogen-bond acceptors (Lipinski definition) is 0. The van der Waals surface area contributed by atoms with E-state index < -0.39 is 0 Å². The van der Waals surface area contributed by atoms with Crippen LogP contribution in [0.5, 0.6) is 0 Å². The third-order valence-corrected chi connectivity index (χ3v) is 3.24. The first-order valence-corrected chi connectivity index (χ1v) is 6.45. The van der Waals surface area contributed by atoms with Gasteiger partial charge in [0.2, 0.25) is 0 Å². The zero-order valence-electron chi connectivity index (χ0n) is 10.4. The van der Waals surface area contributed by atoms with Crippen molar-refractivity contribution in [3.8, 4) is 0 Å². The van der Waals surface area contributed by atoms with Crippen LogP contribution >= 0.6 is 0 Å². The molecule has 0 spiro atoms. The number of hydrogen-bond donors (Lipinski definition) is 0. The third-order valence-electron chi connectivity index (χ3n) is 3.24. The maximum atomic E-state index is 2.33. The Morgan fingerprint density at radius 3 is 2.40 bits per heavy atom. The van der Waals surface area contributed by atoms with Gasteiger partial charge in [0, 0.05) is 0 Å². The van der Waals surface area contributed by atoms with Gasteiger partial charge in [0.05, 0.1) is 19.8 Å². The molecular weight excluding hydrogens is 182 g/mol. The predicted molar refractivity (Wildman–Crippen MR) is 67.6 cm³/mol. The highest BCUT2D eigenvalue weighted by Gasteiger charge is 2.17. The molecule has 0 N–H and O–H groups in total. The van der Waals surface area contributed by atoms with Crippen LogP contribution in [0, 0.1) is 0 Å². The van der Waals surface area contributed by atoms with Gasteiger partial charge in [-0.1, -0.05) is 38.7 Å². The Kier molecular flexibility index (Phi) is 5.70. The van der Waals surface area contributed by atoms with Gasteiger partial charge in [0.25, 0.3) is 0 Å². The lowest BCUT2D eigenvalue weighted by Crippen LogP contribution is -2.40. The van der Waals surface area contributed by atoms with Crippen molar-refractivity contribution in [1.82, 2.24) is 0 Å². The van der Waals surface area contributed by atoms with Crippen molar-refractivity contribution in [2.24, 2.45) is 0 Å². The Bertz CT molecular complexity index is 217. The summed E-state index contributed by atoms with van der Waals surface area (Å²) < 4.78 is 1.10. The maximum absolute atomic E-state index is 2.33. The summed E-state index contributed by atoms with van der Waals surface area (Å²) in [6, 6.07) is 0. The van der Waals surface area contributed by atoms with Gasteiger partial charge in [0.1, 0.15) is 6.54 Å². The molecule has 0 aromatic rings. The first kappa shape index (κ1) is 12.5. The maximum Gasteiger partial charge on any atom is 0.102 e. The Morgan fingerprint density at radius 2 is 1.73 bits per heavy atom. The fourth-order valence-corrected chi connectivity index (χ4v) is 2.12. The standard InChI is InChI=1S/C14H26N/c1-3-4-5-6-7-9-12-15(2)13-10-8-11-14-15/h8,10-11,13H,3-7,9,12,14H2,1-2H3/q+1. The largest absolute Gasteiger partial charge is 0.296 e. The summed E-state index contributed by atoms with van der Waals surface area (Å²) >= 11 is 0. The topological polar surface area (TPSA) is 0 Å². The molecule has 0 aromatic heterocycles. The molecule has 1 aliphatic rings. The van der Waals surface area contributed by atoms with E-state index >= 15 is 0 Å². The molecule has 0 aromatic carbocycles. The minimum absolute atomic E-state index is 1.10. The minimum Gasteiger partial charge on any atom is -0.296 e. The van der Waals surface area contributed by atoms with E-state index in [1.807, 2.05) is 0 Å². The van der Waals surface area contributed by atoms with Gasteiger partial charge in [-0.05, 0) is 25.0 Å². The summed E-state index contributed by atoms with van der Waals surface area (Å²) in [5, 5.41) is 0. The first-order chi connectivity index (χ1) is 7.27. The second-order valence-corrected chi connectivity index (χ2v) is 4.92. The highest BCUT2D eigenvalue weighted by molar-refractivity contribution is 5.03. The molecule has 86 valence electrons. The van der Waals surface area contributed by atoms with Crippen molar-refractivity contribution < 1.29 is 4.48 Å². The molecule has 1 heterocycles. The monoisotopic (exact) mass is 208 g/mol. The van der Waals surface area contributed by atoms with E-state index in [4.69, 9.17) is 0 Å². The molecule has 15 heavy (non-hydrogen) atoms. The molecular formula is C14H26N+. The van der Waals surface area contributed by atoms with Crippen LogP contribution in [-0.2, 0) is 0 Å². The van der Waals surface area contributed by atoms with Crippen molar-refractivity contribution in [3.05, 3.63) is 24.4 Å². The van der Waals surface area contributed by atoms with Crippen LogP contribution in [0.4, 0.5) is 0 Å². The van der Waals surface area contributed by atoms with Gasteiger partial charge in [-0.3, -0.25) is 4.48 Å². The Morgan fingerprint density at radius 1 is 1.00 bits per heavy atom. The highest BCUT2D eigenvalue weighted by Crippen LogP contribution is 2.13. The lowest BCUT2D eigenvalue weighted by atomic mass is 10.1. The van der Waals surface area contributed by atoms with E-state index in [1.54, 1.807) is 0 Å². The molecule has 0 fully saturated rings. The van der Waals surface area contributed by atoms with E-state index in [0.717, 1.165) is 4.48 Å². The number of nitrogens with zero attached hydrogens (tertiary/aromatic N) is 1. The molecule has 0 bridgehead atoms. The molecule has 1 heteroatoms. The Hall–Kier alpha value is -0.560. The van der Waals surface area contributed by atoms with Gasteiger partial charge >= 0.3 is 0 Å². The van der Waals surface area contributed by atoms with E-state index in [1.165, 1.54) is 51.6 Å². The SMILES string of the molecule is CCCCCCCC[N+]1(C)C=CC=CC1. The summed E-state index contributed by atoms with van der Waals surface area (Å²) in [7, 11) is 2.33. The van der Waals surface area contributed by atoms with Crippen LogP contribution in [0.2, 0.25) is 0 Å². The average Bonchev–Trinajstić information content (AvgIpc) is 2.24. The van der Waals surface area contributed by atoms with E-state index in [9.17, 15) is 0 Å². The first-order valence-electron chi connectivity index (χ1n) is 6.45. The predicted octanol–water partition coefficient (Wildman–Crippen LogP) is 3.88. The van der Waals surface area contributed by atoms with Crippen molar-refractivity contribution in [3.63, 3.8) is 0 Å². The second-order valence-electron chi connectivity index (χ2n) is 4.92. The number of likely N-dealkylation sites (N-methyl/N-ethyl adjacent to an activating group) is 1. The molecule has 1 aliphatic heterocycles. The minimum atomic E-state index is 1.10. The third kappa shape index (κ3) is 5.17. The van der Waals surface area contributed by atoms with Gasteiger partial charge in [0.15, 0.2) is 0 Å².